The fourth-order valence-corrected chi connectivity index (χ4v) is 3.50. The predicted octanol–water partition coefficient (Wildman–Crippen LogP) is 3.85. The number of anilines is 1. The number of Topliss-reactive ketones (excluding diaryl/α,β-unsaturated/α-hetero) is 1. The first-order valence-electron chi connectivity index (χ1n) is 8.48. The van der Waals surface area contributed by atoms with Crippen molar-refractivity contribution in [1.29, 1.82) is 0 Å². The molecular formula is C20H15N5O2S. The molecule has 0 unspecified atom stereocenters. The van der Waals surface area contributed by atoms with Gasteiger partial charge in [0.1, 0.15) is 0 Å². The van der Waals surface area contributed by atoms with Gasteiger partial charge in [-0.05, 0) is 12.1 Å². The molecule has 2 heterocycles. The molecule has 0 saturated carbocycles. The number of carbonyl (C=O) groups is 2. The van der Waals surface area contributed by atoms with Gasteiger partial charge in [-0.1, -0.05) is 59.9 Å². The summed E-state index contributed by atoms with van der Waals surface area (Å²) in [7, 11) is 0. The van der Waals surface area contributed by atoms with E-state index >= 15 is 0 Å². The number of ketones is 1. The van der Waals surface area contributed by atoms with Gasteiger partial charge in [0.05, 0.1) is 22.5 Å². The standard InChI is InChI=1S/C20H15N5O2S/c1-13(26)18-17(14-8-4-2-5-9-14)22-20(28-18)23-19(27)16-12-21-25(24-16)15-10-6-3-7-11-15/h2-12H,1H3,(H,22,23,27). The molecule has 8 heteroatoms. The summed E-state index contributed by atoms with van der Waals surface area (Å²) in [5.74, 6) is -0.544. The van der Waals surface area contributed by atoms with Gasteiger partial charge in [0.25, 0.3) is 5.91 Å². The maximum atomic E-state index is 12.5. The summed E-state index contributed by atoms with van der Waals surface area (Å²) >= 11 is 1.14. The quantitative estimate of drug-likeness (QED) is 0.524. The second kappa shape index (κ2) is 7.53. The minimum atomic E-state index is -0.439. The number of para-hydroxylation sites is 1. The molecule has 0 aliphatic rings. The van der Waals surface area contributed by atoms with Crippen LogP contribution < -0.4 is 5.32 Å². The topological polar surface area (TPSA) is 89.8 Å². The molecule has 2 aromatic carbocycles. The Morgan fingerprint density at radius 1 is 1.00 bits per heavy atom. The van der Waals surface area contributed by atoms with Crippen molar-refractivity contribution in [2.24, 2.45) is 0 Å². The van der Waals surface area contributed by atoms with Crippen molar-refractivity contribution in [1.82, 2.24) is 20.0 Å². The molecule has 0 atom stereocenters. The zero-order valence-corrected chi connectivity index (χ0v) is 15.7. The average molecular weight is 389 g/mol. The molecule has 4 aromatic rings. The molecule has 0 aliphatic carbocycles. The van der Waals surface area contributed by atoms with E-state index in [1.54, 1.807) is 0 Å². The summed E-state index contributed by atoms with van der Waals surface area (Å²) in [6, 6.07) is 18.7. The van der Waals surface area contributed by atoms with Gasteiger partial charge in [0.15, 0.2) is 16.6 Å². The third-order valence-electron chi connectivity index (χ3n) is 3.93. The van der Waals surface area contributed by atoms with Crippen LogP contribution in [0.3, 0.4) is 0 Å². The first kappa shape index (κ1) is 17.7. The second-order valence-electron chi connectivity index (χ2n) is 5.93. The molecule has 0 aliphatic heterocycles. The Morgan fingerprint density at radius 2 is 1.68 bits per heavy atom. The third-order valence-corrected chi connectivity index (χ3v) is 5.00. The van der Waals surface area contributed by atoms with Crippen molar-refractivity contribution in [2.45, 2.75) is 6.92 Å². The van der Waals surface area contributed by atoms with Gasteiger partial charge in [0.2, 0.25) is 0 Å². The highest BCUT2D eigenvalue weighted by Crippen LogP contribution is 2.31. The molecule has 138 valence electrons. The average Bonchev–Trinajstić information content (AvgIpc) is 3.37. The van der Waals surface area contributed by atoms with Gasteiger partial charge in [-0.2, -0.15) is 9.90 Å². The molecule has 1 amide bonds. The van der Waals surface area contributed by atoms with Crippen LogP contribution in [0.4, 0.5) is 5.13 Å². The Balaban J connectivity index is 1.59. The van der Waals surface area contributed by atoms with Crippen molar-refractivity contribution < 1.29 is 9.59 Å². The maximum Gasteiger partial charge on any atom is 0.279 e. The zero-order chi connectivity index (χ0) is 19.5. The van der Waals surface area contributed by atoms with E-state index in [-0.39, 0.29) is 11.5 Å². The highest BCUT2D eigenvalue weighted by molar-refractivity contribution is 7.18. The lowest BCUT2D eigenvalue weighted by Crippen LogP contribution is -2.13. The Bertz CT molecular complexity index is 1140. The van der Waals surface area contributed by atoms with Crippen LogP contribution in [0.5, 0.6) is 0 Å². The van der Waals surface area contributed by atoms with Crippen LogP contribution in [0, 0.1) is 0 Å². The molecular weight excluding hydrogens is 374 g/mol. The Hall–Kier alpha value is -3.65. The van der Waals surface area contributed by atoms with Gasteiger partial charge in [0, 0.05) is 12.5 Å². The number of hydrogen-bond donors (Lipinski definition) is 1. The smallest absolute Gasteiger partial charge is 0.279 e. The van der Waals surface area contributed by atoms with Crippen LogP contribution in [-0.2, 0) is 0 Å². The Labute approximate surface area is 164 Å². The summed E-state index contributed by atoms with van der Waals surface area (Å²) in [6.45, 7) is 1.48. The van der Waals surface area contributed by atoms with Crippen molar-refractivity contribution >= 4 is 28.2 Å². The van der Waals surface area contributed by atoms with Crippen molar-refractivity contribution in [2.75, 3.05) is 5.32 Å². The van der Waals surface area contributed by atoms with Crippen LogP contribution in [0.2, 0.25) is 0 Å². The van der Waals surface area contributed by atoms with Crippen LogP contribution in [0.1, 0.15) is 27.1 Å². The van der Waals surface area contributed by atoms with E-state index in [0.29, 0.717) is 15.7 Å². The van der Waals surface area contributed by atoms with Crippen molar-refractivity contribution in [3.05, 3.63) is 77.4 Å². The Kier molecular flexibility index (Phi) is 4.77. The minimum absolute atomic E-state index is 0.105. The van der Waals surface area contributed by atoms with Gasteiger partial charge in [-0.3, -0.25) is 14.9 Å². The Morgan fingerprint density at radius 3 is 2.36 bits per heavy atom. The monoisotopic (exact) mass is 389 g/mol. The number of aromatic nitrogens is 4. The highest BCUT2D eigenvalue weighted by atomic mass is 32.1. The lowest BCUT2D eigenvalue weighted by atomic mass is 10.1. The maximum absolute atomic E-state index is 12.5. The van der Waals surface area contributed by atoms with Crippen LogP contribution >= 0.6 is 11.3 Å². The molecule has 1 N–H and O–H groups in total. The van der Waals surface area contributed by atoms with E-state index in [4.69, 9.17) is 0 Å². The molecule has 0 fully saturated rings. The fourth-order valence-electron chi connectivity index (χ4n) is 2.62. The van der Waals surface area contributed by atoms with Crippen LogP contribution in [-0.4, -0.2) is 31.7 Å². The third kappa shape index (κ3) is 3.58. The van der Waals surface area contributed by atoms with Crippen molar-refractivity contribution in [3.8, 4) is 16.9 Å². The number of benzene rings is 2. The zero-order valence-electron chi connectivity index (χ0n) is 14.9. The van der Waals surface area contributed by atoms with Crippen LogP contribution in [0.25, 0.3) is 16.9 Å². The molecule has 4 rings (SSSR count). The summed E-state index contributed by atoms with van der Waals surface area (Å²) < 4.78 is 0. The summed E-state index contributed by atoms with van der Waals surface area (Å²) in [5.41, 5.74) is 2.28. The molecule has 0 bridgehead atoms. The largest absolute Gasteiger partial charge is 0.296 e. The van der Waals surface area contributed by atoms with Gasteiger partial charge in [-0.15, -0.1) is 5.10 Å². The van der Waals surface area contributed by atoms with Gasteiger partial charge >= 0.3 is 0 Å². The summed E-state index contributed by atoms with van der Waals surface area (Å²) in [6.07, 6.45) is 1.39. The van der Waals surface area contributed by atoms with E-state index in [9.17, 15) is 9.59 Å². The number of amides is 1. The lowest BCUT2D eigenvalue weighted by Gasteiger charge is -1.99. The molecule has 0 radical (unpaired) electrons. The predicted molar refractivity (Wildman–Crippen MR) is 107 cm³/mol. The second-order valence-corrected chi connectivity index (χ2v) is 6.93. The number of nitrogens with one attached hydrogen (secondary N) is 1. The van der Waals surface area contributed by atoms with E-state index < -0.39 is 5.91 Å². The molecule has 0 spiro atoms. The van der Waals surface area contributed by atoms with Crippen molar-refractivity contribution in [3.63, 3.8) is 0 Å². The number of thiazole rings is 1. The summed E-state index contributed by atoms with van der Waals surface area (Å²) in [5, 5.41) is 11.4. The lowest BCUT2D eigenvalue weighted by molar-refractivity contribution is 0.101. The molecule has 0 saturated heterocycles. The fraction of sp³-hybridized carbons (Fsp3) is 0.0500. The van der Waals surface area contributed by atoms with Gasteiger partial charge < -0.3 is 0 Å². The highest BCUT2D eigenvalue weighted by Gasteiger charge is 2.19. The van der Waals surface area contributed by atoms with E-state index in [1.807, 2.05) is 60.7 Å². The molecule has 7 nitrogen and oxygen atoms in total. The van der Waals surface area contributed by atoms with E-state index in [1.165, 1.54) is 17.9 Å². The molecule has 28 heavy (non-hydrogen) atoms. The van der Waals surface area contributed by atoms with E-state index in [0.717, 1.165) is 22.6 Å². The first-order valence-corrected chi connectivity index (χ1v) is 9.30. The normalized spacial score (nSPS) is 10.6. The number of rotatable bonds is 5. The van der Waals surface area contributed by atoms with Crippen LogP contribution in [0.15, 0.2) is 66.9 Å². The number of hydrogen-bond acceptors (Lipinski definition) is 6. The number of carbonyl (C=O) groups excluding carboxylic acids is 2. The minimum Gasteiger partial charge on any atom is -0.296 e. The van der Waals surface area contributed by atoms with Gasteiger partial charge in [-0.25, -0.2) is 4.98 Å². The summed E-state index contributed by atoms with van der Waals surface area (Å²) in [4.78, 5) is 30.9. The first-order chi connectivity index (χ1) is 13.6. The SMILES string of the molecule is CC(=O)c1sc(NC(=O)c2cnn(-c3ccccc3)n2)nc1-c1ccccc1. The van der Waals surface area contributed by atoms with E-state index in [2.05, 4.69) is 20.5 Å². The molecule has 2 aromatic heterocycles. The number of nitrogens with zero attached hydrogens (tertiary/aromatic N) is 4.